The summed E-state index contributed by atoms with van der Waals surface area (Å²) in [6.45, 7) is 5.87. The van der Waals surface area contributed by atoms with Gasteiger partial charge in [-0.1, -0.05) is 0 Å². The fourth-order valence-corrected chi connectivity index (χ4v) is 17.5. The van der Waals surface area contributed by atoms with Gasteiger partial charge in [0, 0.05) is 0 Å². The van der Waals surface area contributed by atoms with Gasteiger partial charge in [-0.25, -0.2) is 0 Å². The zero-order chi connectivity index (χ0) is 21.7. The first-order valence-corrected chi connectivity index (χ1v) is 16.4. The third kappa shape index (κ3) is 2.58. The van der Waals surface area contributed by atoms with E-state index in [-0.39, 0.29) is 5.41 Å². The Kier molecular flexibility index (Phi) is 4.36. The molecule has 4 aliphatic carbocycles. The number of carboxylic acids is 1. The average Bonchev–Trinajstić information content (AvgIpc) is 3.37. The Hall–Kier alpha value is -0.392. The number of fused-ring (bicyclic) bond motifs is 2. The van der Waals surface area contributed by atoms with Crippen LogP contribution < -0.4 is 0 Å². The van der Waals surface area contributed by atoms with Crippen molar-refractivity contribution in [1.29, 1.82) is 0 Å². The molecule has 0 bridgehead atoms. The maximum absolute atomic E-state index is 11.6. The van der Waals surface area contributed by atoms with Crippen molar-refractivity contribution in [2.24, 2.45) is 29.1 Å². The summed E-state index contributed by atoms with van der Waals surface area (Å²) in [7, 11) is 0. The number of allylic oxidation sites excluding steroid dienone is 1. The Morgan fingerprint density at radius 1 is 0.935 bits per heavy atom. The second-order valence-corrected chi connectivity index (χ2v) is 17.9. The van der Waals surface area contributed by atoms with Gasteiger partial charge in [0.1, 0.15) is 0 Å². The summed E-state index contributed by atoms with van der Waals surface area (Å²) in [5.41, 5.74) is 0.0144. The third-order valence-electron chi connectivity index (χ3n) is 10.0. The Morgan fingerprint density at radius 2 is 1.61 bits per heavy atom. The van der Waals surface area contributed by atoms with E-state index in [9.17, 15) is 9.90 Å². The van der Waals surface area contributed by atoms with E-state index in [2.05, 4.69) is 6.92 Å². The van der Waals surface area contributed by atoms with E-state index in [1.165, 1.54) is 57.4 Å². The molecule has 0 radical (unpaired) electrons. The summed E-state index contributed by atoms with van der Waals surface area (Å²) >= 11 is -4.72. The number of hydrogen-bond donors (Lipinski definition) is 1. The minimum absolute atomic E-state index is 0.0144. The van der Waals surface area contributed by atoms with E-state index < -0.39 is 31.4 Å². The predicted octanol–water partition coefficient (Wildman–Crippen LogP) is 5.27. The molecule has 1 N–H and O–H groups in total. The molecule has 3 unspecified atom stereocenters. The molecule has 2 heterocycles. The molecule has 7 heteroatoms. The van der Waals surface area contributed by atoms with Crippen LogP contribution in [0.3, 0.4) is 0 Å². The van der Waals surface area contributed by atoms with Gasteiger partial charge in [-0.2, -0.15) is 0 Å². The number of hydrogen-bond acceptors (Lipinski definition) is 5. The molecule has 4 saturated carbocycles. The molecule has 6 rings (SSSR count). The Balaban J connectivity index is 1.32. The fourth-order valence-electron chi connectivity index (χ4n) is 8.80. The van der Waals surface area contributed by atoms with Crippen molar-refractivity contribution in [2.75, 3.05) is 0 Å². The van der Waals surface area contributed by atoms with Gasteiger partial charge < -0.3 is 0 Å². The van der Waals surface area contributed by atoms with Crippen molar-refractivity contribution in [3.05, 3.63) is 10.4 Å². The average molecular weight is 496 g/mol. The van der Waals surface area contributed by atoms with Crippen molar-refractivity contribution in [1.82, 2.24) is 0 Å². The zero-order valence-electron chi connectivity index (χ0n) is 19.1. The molecule has 0 amide bonds. The van der Waals surface area contributed by atoms with Crippen LogP contribution in [0.4, 0.5) is 0 Å². The van der Waals surface area contributed by atoms with Gasteiger partial charge in [-0.3, -0.25) is 0 Å². The van der Waals surface area contributed by atoms with Crippen LogP contribution in [0.5, 0.6) is 0 Å². The Labute approximate surface area is 187 Å². The standard InChI is InChI=1S/C24H37AsO6/c1-16(15-21(26)27)25(28-22(2,29-25)20-12-11-17-7-4-10-19(17)20)30-23(3,31-25)24-13-5-8-18(24)9-6-14-24/h15,17-20H,4-14H2,1-3H3,(H,26,27)/b16-15-. The number of carbonyl (C=O) groups is 1. The summed E-state index contributed by atoms with van der Waals surface area (Å²) in [5, 5.41) is 9.49. The van der Waals surface area contributed by atoms with E-state index in [0.29, 0.717) is 22.1 Å². The van der Waals surface area contributed by atoms with E-state index in [1.54, 1.807) is 6.92 Å². The zero-order valence-corrected chi connectivity index (χ0v) is 21.0. The Bertz CT molecular complexity index is 825. The molecule has 0 aromatic heterocycles. The van der Waals surface area contributed by atoms with Gasteiger partial charge in [0.15, 0.2) is 0 Å². The van der Waals surface area contributed by atoms with Crippen molar-refractivity contribution >= 4 is 19.8 Å². The first-order chi connectivity index (χ1) is 14.6. The van der Waals surface area contributed by atoms with Crippen molar-refractivity contribution in [3.8, 4) is 0 Å². The first-order valence-electron chi connectivity index (χ1n) is 12.4. The second kappa shape index (κ2) is 6.38. The SMILES string of the molecule is C/C(=C/C(=O)O)[As]12(OC(C)(C3CCC4CCCC43)O1)OC(C)(C13CCCC1CCC3)O2. The van der Waals surface area contributed by atoms with Crippen LogP contribution in [-0.2, 0) is 19.7 Å². The maximum atomic E-state index is 11.6. The number of carboxylic acid groups (broad SMARTS) is 1. The molecule has 6 aliphatic rings. The van der Waals surface area contributed by atoms with Gasteiger partial charge in [0.2, 0.25) is 0 Å². The molecule has 3 atom stereocenters. The normalized spacial score (nSPS) is 53.3. The van der Waals surface area contributed by atoms with Crippen molar-refractivity contribution < 1.29 is 24.8 Å². The molecule has 2 saturated heterocycles. The van der Waals surface area contributed by atoms with Gasteiger partial charge in [-0.05, 0) is 0 Å². The van der Waals surface area contributed by atoms with Crippen LogP contribution in [0.1, 0.15) is 91.4 Å². The topological polar surface area (TPSA) is 74.2 Å². The van der Waals surface area contributed by atoms with Gasteiger partial charge >= 0.3 is 187 Å². The van der Waals surface area contributed by atoms with E-state index >= 15 is 0 Å². The third-order valence-corrected chi connectivity index (χ3v) is 18.4. The van der Waals surface area contributed by atoms with E-state index in [4.69, 9.17) is 14.9 Å². The van der Waals surface area contributed by atoms with Crippen LogP contribution in [0.25, 0.3) is 0 Å². The quantitative estimate of drug-likeness (QED) is 0.422. The van der Waals surface area contributed by atoms with E-state index in [1.807, 2.05) is 6.92 Å². The summed E-state index contributed by atoms with van der Waals surface area (Å²) < 4.78 is 27.7. The van der Waals surface area contributed by atoms with E-state index in [0.717, 1.165) is 25.2 Å². The molecule has 2 aliphatic heterocycles. The van der Waals surface area contributed by atoms with Crippen LogP contribution in [0.15, 0.2) is 10.4 Å². The summed E-state index contributed by atoms with van der Waals surface area (Å²) in [5.74, 6) is -0.0879. The molecule has 6 nitrogen and oxygen atoms in total. The van der Waals surface area contributed by atoms with Crippen LogP contribution in [0.2, 0.25) is 0 Å². The van der Waals surface area contributed by atoms with Gasteiger partial charge in [-0.15, -0.1) is 0 Å². The van der Waals surface area contributed by atoms with Crippen molar-refractivity contribution in [3.63, 3.8) is 0 Å². The van der Waals surface area contributed by atoms with Crippen LogP contribution >= 0.6 is 0 Å². The van der Waals surface area contributed by atoms with Gasteiger partial charge in [0.05, 0.1) is 0 Å². The number of aliphatic carboxylic acids is 1. The Morgan fingerprint density at radius 3 is 2.26 bits per heavy atom. The summed E-state index contributed by atoms with van der Waals surface area (Å²) in [4.78, 5) is 11.6. The molecule has 31 heavy (non-hydrogen) atoms. The summed E-state index contributed by atoms with van der Waals surface area (Å²) in [6, 6.07) is 0. The van der Waals surface area contributed by atoms with Crippen molar-refractivity contribution in [2.45, 2.75) is 103 Å². The molecule has 1 spiro atoms. The molecule has 6 fully saturated rings. The summed E-state index contributed by atoms with van der Waals surface area (Å²) in [6.07, 6.45) is 14.5. The fraction of sp³-hybridized carbons (Fsp3) is 0.875. The molecular weight excluding hydrogens is 459 g/mol. The van der Waals surface area contributed by atoms with Gasteiger partial charge in [0.25, 0.3) is 0 Å². The van der Waals surface area contributed by atoms with Crippen LogP contribution in [-0.4, -0.2) is 36.5 Å². The monoisotopic (exact) mass is 496 g/mol. The molecular formula is C24H37AsO6. The molecule has 0 aromatic rings. The predicted molar refractivity (Wildman–Crippen MR) is 115 cm³/mol. The minimum atomic E-state index is -4.72. The first kappa shape index (κ1) is 21.2. The number of rotatable bonds is 4. The van der Waals surface area contributed by atoms with Crippen LogP contribution in [0, 0.1) is 29.1 Å². The molecule has 174 valence electrons. The molecule has 0 aromatic carbocycles. The second-order valence-electron chi connectivity index (χ2n) is 11.4.